The van der Waals surface area contributed by atoms with E-state index in [1.165, 1.54) is 5.57 Å². The van der Waals surface area contributed by atoms with Gasteiger partial charge in [-0.05, 0) is 23.5 Å². The molecule has 24 heavy (non-hydrogen) atoms. The van der Waals surface area contributed by atoms with E-state index in [4.69, 9.17) is 4.74 Å². The van der Waals surface area contributed by atoms with E-state index in [9.17, 15) is 4.79 Å². The van der Waals surface area contributed by atoms with Gasteiger partial charge in [0.2, 0.25) is 0 Å². The Hall–Kier alpha value is -2.61. The van der Waals surface area contributed by atoms with Gasteiger partial charge in [0.15, 0.2) is 0 Å². The number of carbonyl (C=O) groups is 1. The van der Waals surface area contributed by atoms with E-state index in [2.05, 4.69) is 12.2 Å². The van der Waals surface area contributed by atoms with E-state index >= 15 is 0 Å². The number of esters is 1. The van der Waals surface area contributed by atoms with Gasteiger partial charge in [0.05, 0.1) is 5.92 Å². The molecule has 2 aromatic carbocycles. The molecule has 2 bridgehead atoms. The van der Waals surface area contributed by atoms with Crippen molar-refractivity contribution in [1.82, 2.24) is 0 Å². The average Bonchev–Trinajstić information content (AvgIpc) is 3.25. The zero-order valence-corrected chi connectivity index (χ0v) is 13.3. The first-order valence-electron chi connectivity index (χ1n) is 8.57. The monoisotopic (exact) mass is 314 g/mol. The molecule has 1 aliphatic heterocycles. The molecule has 0 radical (unpaired) electrons. The summed E-state index contributed by atoms with van der Waals surface area (Å²) in [5.41, 5.74) is 3.40. The van der Waals surface area contributed by atoms with Crippen molar-refractivity contribution in [3.8, 4) is 0 Å². The second-order valence-electron chi connectivity index (χ2n) is 6.88. The number of cyclic esters (lactones) is 1. The van der Waals surface area contributed by atoms with Crippen molar-refractivity contribution in [2.45, 2.75) is 12.3 Å². The highest BCUT2D eigenvalue weighted by Crippen LogP contribution is 2.57. The fraction of sp³-hybridized carbons (Fsp3) is 0.227. The van der Waals surface area contributed by atoms with Crippen molar-refractivity contribution in [2.75, 3.05) is 0 Å². The minimum absolute atomic E-state index is 0.116. The maximum absolute atomic E-state index is 12.9. The molecule has 118 valence electrons. The van der Waals surface area contributed by atoms with Crippen LogP contribution in [0.5, 0.6) is 0 Å². The van der Waals surface area contributed by atoms with E-state index in [-0.39, 0.29) is 17.8 Å². The van der Waals surface area contributed by atoms with Crippen LogP contribution >= 0.6 is 0 Å². The van der Waals surface area contributed by atoms with Gasteiger partial charge in [0.25, 0.3) is 0 Å². The number of hydrogen-bond donors (Lipinski definition) is 0. The van der Waals surface area contributed by atoms with Crippen molar-refractivity contribution in [3.63, 3.8) is 0 Å². The Morgan fingerprint density at radius 1 is 0.875 bits per heavy atom. The normalized spacial score (nSPS) is 30.4. The van der Waals surface area contributed by atoms with Gasteiger partial charge in [-0.1, -0.05) is 72.8 Å². The van der Waals surface area contributed by atoms with E-state index in [1.54, 1.807) is 0 Å². The third-order valence-corrected chi connectivity index (χ3v) is 5.61. The maximum atomic E-state index is 12.9. The van der Waals surface area contributed by atoms with Crippen molar-refractivity contribution in [3.05, 3.63) is 89.5 Å². The highest BCUT2D eigenvalue weighted by Gasteiger charge is 2.52. The second kappa shape index (κ2) is 5.20. The molecule has 0 saturated heterocycles. The first kappa shape index (κ1) is 13.8. The third-order valence-electron chi connectivity index (χ3n) is 5.61. The van der Waals surface area contributed by atoms with Crippen LogP contribution in [0.4, 0.5) is 0 Å². The van der Waals surface area contributed by atoms with Crippen LogP contribution in [-0.4, -0.2) is 5.97 Å². The Kier molecular flexibility index (Phi) is 2.99. The van der Waals surface area contributed by atoms with Gasteiger partial charge in [-0.15, -0.1) is 0 Å². The lowest BCUT2D eigenvalue weighted by atomic mass is 9.73. The summed E-state index contributed by atoms with van der Waals surface area (Å²) in [7, 11) is 0. The van der Waals surface area contributed by atoms with Crippen molar-refractivity contribution in [2.24, 2.45) is 17.8 Å². The number of fused-ring (bicyclic) bond motifs is 5. The van der Waals surface area contributed by atoms with E-state index in [0.717, 1.165) is 23.3 Å². The summed E-state index contributed by atoms with van der Waals surface area (Å²) in [6, 6.07) is 20.1. The topological polar surface area (TPSA) is 26.3 Å². The highest BCUT2D eigenvalue weighted by molar-refractivity contribution is 5.89. The Morgan fingerprint density at radius 3 is 2.33 bits per heavy atom. The highest BCUT2D eigenvalue weighted by atomic mass is 16.5. The van der Waals surface area contributed by atoms with Gasteiger partial charge in [-0.3, -0.25) is 4.79 Å². The maximum Gasteiger partial charge on any atom is 0.319 e. The van der Waals surface area contributed by atoms with Crippen LogP contribution in [-0.2, 0) is 9.53 Å². The van der Waals surface area contributed by atoms with Crippen LogP contribution in [0.1, 0.15) is 23.5 Å². The smallest absolute Gasteiger partial charge is 0.319 e. The lowest BCUT2D eigenvalue weighted by Crippen LogP contribution is -2.32. The minimum Gasteiger partial charge on any atom is -0.425 e. The molecule has 2 heteroatoms. The van der Waals surface area contributed by atoms with Crippen molar-refractivity contribution < 1.29 is 9.53 Å². The predicted molar refractivity (Wildman–Crippen MR) is 92.9 cm³/mol. The molecular weight excluding hydrogens is 296 g/mol. The number of hydrogen-bond acceptors (Lipinski definition) is 2. The lowest BCUT2D eigenvalue weighted by Gasteiger charge is -2.35. The summed E-state index contributed by atoms with van der Waals surface area (Å²) in [6.07, 6.45) is 5.70. The SMILES string of the molecule is O=C1OC(c2ccccc2)=C2[C@H]([C@H]1c1ccccc1)[C@H]1C=C[C@@H]2C1. The van der Waals surface area contributed by atoms with Gasteiger partial charge >= 0.3 is 5.97 Å². The predicted octanol–water partition coefficient (Wildman–Crippen LogP) is 4.56. The number of rotatable bonds is 2. The van der Waals surface area contributed by atoms with Gasteiger partial charge in [0.1, 0.15) is 5.76 Å². The Balaban J connectivity index is 1.69. The molecule has 3 aliphatic rings. The van der Waals surface area contributed by atoms with E-state index in [1.807, 2.05) is 60.7 Å². The zero-order chi connectivity index (χ0) is 16.1. The molecule has 1 fully saturated rings. The fourth-order valence-corrected chi connectivity index (χ4v) is 4.64. The standard InChI is InChI=1S/C22H18O2/c23-22-20(14-7-3-1-4-8-14)18-16-11-12-17(13-16)19(18)21(24-22)15-9-5-2-6-10-15/h1-12,16-18,20H,13H2/t16-,17+,18+,20+/m0/s1. The molecule has 0 amide bonds. The van der Waals surface area contributed by atoms with Crippen LogP contribution in [0.25, 0.3) is 5.76 Å². The van der Waals surface area contributed by atoms with Crippen molar-refractivity contribution >= 4 is 11.7 Å². The zero-order valence-electron chi connectivity index (χ0n) is 13.3. The van der Waals surface area contributed by atoms with Crippen LogP contribution in [0.2, 0.25) is 0 Å². The van der Waals surface area contributed by atoms with Crippen LogP contribution in [0.15, 0.2) is 78.4 Å². The molecule has 2 aromatic rings. The summed E-state index contributed by atoms with van der Waals surface area (Å²) in [6.45, 7) is 0. The summed E-state index contributed by atoms with van der Waals surface area (Å²) in [5, 5.41) is 0. The molecule has 0 unspecified atom stereocenters. The minimum atomic E-state index is -0.186. The number of benzene rings is 2. The first-order chi connectivity index (χ1) is 11.8. The first-order valence-corrected chi connectivity index (χ1v) is 8.57. The molecule has 5 rings (SSSR count). The molecule has 2 aliphatic carbocycles. The average molecular weight is 314 g/mol. The Labute approximate surface area is 141 Å². The Morgan fingerprint density at radius 2 is 1.58 bits per heavy atom. The lowest BCUT2D eigenvalue weighted by molar-refractivity contribution is -0.141. The molecule has 0 spiro atoms. The Bertz CT molecular complexity index is 848. The fourth-order valence-electron chi connectivity index (χ4n) is 4.64. The summed E-state index contributed by atoms with van der Waals surface area (Å²) >= 11 is 0. The largest absolute Gasteiger partial charge is 0.425 e. The number of ether oxygens (including phenoxy) is 1. The number of carbonyl (C=O) groups excluding carboxylic acids is 1. The van der Waals surface area contributed by atoms with Crippen LogP contribution < -0.4 is 0 Å². The number of allylic oxidation sites excluding steroid dienone is 3. The molecule has 1 saturated carbocycles. The second-order valence-corrected chi connectivity index (χ2v) is 6.88. The van der Waals surface area contributed by atoms with Gasteiger partial charge in [0, 0.05) is 17.4 Å². The third kappa shape index (κ3) is 1.92. The molecule has 0 N–H and O–H groups in total. The molecule has 4 atom stereocenters. The molecule has 1 heterocycles. The van der Waals surface area contributed by atoms with Gasteiger partial charge in [-0.25, -0.2) is 0 Å². The van der Waals surface area contributed by atoms with Gasteiger partial charge in [-0.2, -0.15) is 0 Å². The van der Waals surface area contributed by atoms with Crippen LogP contribution in [0, 0.1) is 17.8 Å². The quantitative estimate of drug-likeness (QED) is 0.600. The molecular formula is C22H18O2. The van der Waals surface area contributed by atoms with E-state index in [0.29, 0.717) is 11.8 Å². The molecule has 0 aromatic heterocycles. The molecule has 2 nitrogen and oxygen atoms in total. The van der Waals surface area contributed by atoms with Gasteiger partial charge < -0.3 is 4.74 Å². The van der Waals surface area contributed by atoms with Crippen LogP contribution in [0.3, 0.4) is 0 Å². The summed E-state index contributed by atoms with van der Waals surface area (Å²) < 4.78 is 5.91. The van der Waals surface area contributed by atoms with E-state index < -0.39 is 0 Å². The summed E-state index contributed by atoms with van der Waals surface area (Å²) in [4.78, 5) is 12.9. The van der Waals surface area contributed by atoms with Crippen molar-refractivity contribution in [1.29, 1.82) is 0 Å². The summed E-state index contributed by atoms with van der Waals surface area (Å²) in [5.74, 6) is 1.59.